The van der Waals surface area contributed by atoms with Gasteiger partial charge in [0.15, 0.2) is 5.65 Å². The molecule has 0 bridgehead atoms. The van der Waals surface area contributed by atoms with E-state index in [1.54, 1.807) is 6.20 Å². The molecule has 0 aromatic carbocycles. The molecule has 2 N–H and O–H groups in total. The number of hydrogen-bond acceptors (Lipinski definition) is 4. The number of nitrogens with zero attached hydrogens (tertiary/aromatic N) is 4. The highest BCUT2D eigenvalue weighted by molar-refractivity contribution is 5.47. The van der Waals surface area contributed by atoms with E-state index in [9.17, 15) is 0 Å². The first-order chi connectivity index (χ1) is 8.83. The number of rotatable bonds is 3. The van der Waals surface area contributed by atoms with Crippen LogP contribution in [0.1, 0.15) is 11.5 Å². The van der Waals surface area contributed by atoms with Gasteiger partial charge in [-0.15, -0.1) is 10.2 Å². The van der Waals surface area contributed by atoms with Crippen molar-refractivity contribution in [3.63, 3.8) is 0 Å². The molecule has 0 radical (unpaired) electrons. The monoisotopic (exact) mass is 239 g/mol. The fraction of sp³-hybridized carbons (Fsp3) is 0.154. The van der Waals surface area contributed by atoms with E-state index in [2.05, 4.69) is 15.2 Å². The molecular weight excluding hydrogens is 226 g/mol. The molecule has 90 valence electrons. The van der Waals surface area contributed by atoms with Crippen LogP contribution in [0.4, 0.5) is 5.69 Å². The standard InChI is InChI=1S/C13H13N5/c14-10-4-6-12-16-17-13(18(12)9-10)7-5-11-3-1-2-8-15-11/h1-4,6,8-9H,5,7,14H2. The highest BCUT2D eigenvalue weighted by Gasteiger charge is 2.05. The number of nitrogen functional groups attached to an aromatic ring is 1. The number of pyridine rings is 2. The van der Waals surface area contributed by atoms with Gasteiger partial charge in [-0.3, -0.25) is 9.38 Å². The zero-order valence-corrected chi connectivity index (χ0v) is 9.82. The van der Waals surface area contributed by atoms with E-state index in [4.69, 9.17) is 5.73 Å². The summed E-state index contributed by atoms with van der Waals surface area (Å²) < 4.78 is 1.93. The van der Waals surface area contributed by atoms with Gasteiger partial charge in [0.1, 0.15) is 5.82 Å². The van der Waals surface area contributed by atoms with Gasteiger partial charge < -0.3 is 5.73 Å². The van der Waals surface area contributed by atoms with Crippen molar-refractivity contribution >= 4 is 11.3 Å². The van der Waals surface area contributed by atoms with Crippen LogP contribution in [-0.2, 0) is 12.8 Å². The van der Waals surface area contributed by atoms with Crippen LogP contribution in [0.3, 0.4) is 0 Å². The highest BCUT2D eigenvalue weighted by atomic mass is 15.2. The van der Waals surface area contributed by atoms with Gasteiger partial charge in [-0.2, -0.15) is 0 Å². The number of anilines is 1. The fourth-order valence-electron chi connectivity index (χ4n) is 1.91. The zero-order valence-electron chi connectivity index (χ0n) is 9.82. The van der Waals surface area contributed by atoms with Crippen molar-refractivity contribution in [3.05, 3.63) is 54.2 Å². The molecule has 3 rings (SSSR count). The van der Waals surface area contributed by atoms with Crippen molar-refractivity contribution in [1.82, 2.24) is 19.6 Å². The predicted molar refractivity (Wildman–Crippen MR) is 69.0 cm³/mol. The summed E-state index contributed by atoms with van der Waals surface area (Å²) in [5, 5.41) is 8.29. The van der Waals surface area contributed by atoms with Gasteiger partial charge in [0, 0.05) is 30.2 Å². The summed E-state index contributed by atoms with van der Waals surface area (Å²) in [5.41, 5.74) is 8.35. The molecule has 0 aliphatic rings. The normalized spacial score (nSPS) is 10.9. The first-order valence-corrected chi connectivity index (χ1v) is 5.82. The maximum absolute atomic E-state index is 5.77. The maximum atomic E-state index is 5.77. The molecule has 5 heteroatoms. The number of nitrogens with two attached hydrogens (primary N) is 1. The third-order valence-corrected chi connectivity index (χ3v) is 2.83. The Labute approximate surface area is 104 Å². The Hall–Kier alpha value is -2.43. The number of hydrogen-bond donors (Lipinski definition) is 1. The number of aryl methyl sites for hydroxylation is 2. The zero-order chi connectivity index (χ0) is 12.4. The molecule has 0 aliphatic heterocycles. The number of aromatic nitrogens is 4. The average Bonchev–Trinajstić information content (AvgIpc) is 2.80. The molecule has 3 heterocycles. The van der Waals surface area contributed by atoms with Gasteiger partial charge >= 0.3 is 0 Å². The summed E-state index contributed by atoms with van der Waals surface area (Å²) in [6.45, 7) is 0. The minimum atomic E-state index is 0.710. The Morgan fingerprint density at radius 1 is 1.06 bits per heavy atom. The van der Waals surface area contributed by atoms with Crippen LogP contribution in [0.25, 0.3) is 5.65 Å². The van der Waals surface area contributed by atoms with Gasteiger partial charge in [-0.25, -0.2) is 0 Å². The fourth-order valence-corrected chi connectivity index (χ4v) is 1.91. The topological polar surface area (TPSA) is 69.1 Å². The molecule has 0 spiro atoms. The summed E-state index contributed by atoms with van der Waals surface area (Å²) in [6.07, 6.45) is 5.29. The molecule has 0 aliphatic carbocycles. The van der Waals surface area contributed by atoms with E-state index in [-0.39, 0.29) is 0 Å². The van der Waals surface area contributed by atoms with Crippen molar-refractivity contribution in [2.45, 2.75) is 12.8 Å². The van der Waals surface area contributed by atoms with Crippen molar-refractivity contribution in [1.29, 1.82) is 0 Å². The smallest absolute Gasteiger partial charge is 0.160 e. The molecule has 0 saturated carbocycles. The second kappa shape index (κ2) is 4.44. The molecular formula is C13H13N5. The van der Waals surface area contributed by atoms with Gasteiger partial charge in [-0.1, -0.05) is 6.07 Å². The second-order valence-corrected chi connectivity index (χ2v) is 4.13. The van der Waals surface area contributed by atoms with Crippen molar-refractivity contribution in [3.8, 4) is 0 Å². The van der Waals surface area contributed by atoms with Gasteiger partial charge in [-0.05, 0) is 30.7 Å². The van der Waals surface area contributed by atoms with Crippen LogP contribution >= 0.6 is 0 Å². The lowest BCUT2D eigenvalue weighted by atomic mass is 10.2. The third-order valence-electron chi connectivity index (χ3n) is 2.83. The molecule has 0 unspecified atom stereocenters. The van der Waals surface area contributed by atoms with E-state index in [0.717, 1.165) is 30.0 Å². The van der Waals surface area contributed by atoms with Crippen molar-refractivity contribution in [2.24, 2.45) is 0 Å². The third kappa shape index (κ3) is 2.02. The number of fused-ring (bicyclic) bond motifs is 1. The molecule has 5 nitrogen and oxygen atoms in total. The molecule has 3 aromatic heterocycles. The Bertz CT molecular complexity index is 659. The Morgan fingerprint density at radius 2 is 2.00 bits per heavy atom. The van der Waals surface area contributed by atoms with E-state index in [1.807, 2.05) is 40.9 Å². The van der Waals surface area contributed by atoms with Gasteiger partial charge in [0.25, 0.3) is 0 Å². The molecule has 18 heavy (non-hydrogen) atoms. The summed E-state index contributed by atoms with van der Waals surface area (Å²) >= 11 is 0. The molecule has 0 fully saturated rings. The first kappa shape index (κ1) is 10.7. The lowest BCUT2D eigenvalue weighted by Gasteiger charge is -2.01. The van der Waals surface area contributed by atoms with Crippen molar-refractivity contribution < 1.29 is 0 Å². The lowest BCUT2D eigenvalue weighted by Crippen LogP contribution is -2.00. The Kier molecular flexibility index (Phi) is 2.64. The summed E-state index contributed by atoms with van der Waals surface area (Å²) in [6, 6.07) is 9.61. The minimum Gasteiger partial charge on any atom is -0.398 e. The Morgan fingerprint density at radius 3 is 2.83 bits per heavy atom. The van der Waals surface area contributed by atoms with E-state index < -0.39 is 0 Å². The van der Waals surface area contributed by atoms with Crippen LogP contribution in [0, 0.1) is 0 Å². The summed E-state index contributed by atoms with van der Waals surface area (Å²) in [5.74, 6) is 0.906. The average molecular weight is 239 g/mol. The molecule has 0 amide bonds. The van der Waals surface area contributed by atoms with Gasteiger partial charge in [0.2, 0.25) is 0 Å². The summed E-state index contributed by atoms with van der Waals surface area (Å²) in [7, 11) is 0. The molecule has 0 atom stereocenters. The van der Waals surface area contributed by atoms with E-state index in [1.165, 1.54) is 0 Å². The Balaban J connectivity index is 1.85. The van der Waals surface area contributed by atoms with Crippen LogP contribution in [0.5, 0.6) is 0 Å². The van der Waals surface area contributed by atoms with Crippen LogP contribution < -0.4 is 5.73 Å². The van der Waals surface area contributed by atoms with E-state index >= 15 is 0 Å². The SMILES string of the molecule is Nc1ccc2nnc(CCc3ccccn3)n2c1. The van der Waals surface area contributed by atoms with E-state index in [0.29, 0.717) is 5.69 Å². The lowest BCUT2D eigenvalue weighted by molar-refractivity contribution is 0.820. The van der Waals surface area contributed by atoms with Crippen LogP contribution in [-0.4, -0.2) is 19.6 Å². The van der Waals surface area contributed by atoms with Crippen LogP contribution in [0.15, 0.2) is 42.7 Å². The van der Waals surface area contributed by atoms with Crippen LogP contribution in [0.2, 0.25) is 0 Å². The second-order valence-electron chi connectivity index (χ2n) is 4.13. The minimum absolute atomic E-state index is 0.710. The highest BCUT2D eigenvalue weighted by Crippen LogP contribution is 2.10. The predicted octanol–water partition coefficient (Wildman–Crippen LogP) is 1.49. The van der Waals surface area contributed by atoms with Gasteiger partial charge in [0.05, 0.1) is 0 Å². The maximum Gasteiger partial charge on any atom is 0.160 e. The quantitative estimate of drug-likeness (QED) is 0.751. The first-order valence-electron chi connectivity index (χ1n) is 5.82. The molecule has 0 saturated heterocycles. The van der Waals surface area contributed by atoms with Crippen molar-refractivity contribution in [2.75, 3.05) is 5.73 Å². The molecule has 3 aromatic rings. The largest absolute Gasteiger partial charge is 0.398 e. The summed E-state index contributed by atoms with van der Waals surface area (Å²) in [4.78, 5) is 4.29.